The predicted octanol–water partition coefficient (Wildman–Crippen LogP) is 2.07. The molecule has 1 fully saturated rings. The van der Waals surface area contributed by atoms with Gasteiger partial charge in [-0.2, -0.15) is 0 Å². The number of rotatable bonds is 4. The minimum absolute atomic E-state index is 0.350. The number of nitrogens with zero attached hydrogens (tertiary/aromatic N) is 2. The summed E-state index contributed by atoms with van der Waals surface area (Å²) in [6.07, 6.45) is 1.04. The van der Waals surface area contributed by atoms with Gasteiger partial charge in [0.15, 0.2) is 5.82 Å². The van der Waals surface area contributed by atoms with Crippen LogP contribution in [0.2, 0.25) is 0 Å². The smallest absolute Gasteiger partial charge is 0.321 e. The first-order valence-corrected chi connectivity index (χ1v) is 7.09. The summed E-state index contributed by atoms with van der Waals surface area (Å²) in [7, 11) is 1.30. The van der Waals surface area contributed by atoms with Crippen LogP contribution in [0.1, 0.15) is 18.5 Å². The molecule has 1 N–H and O–H groups in total. The highest BCUT2D eigenvalue weighted by atomic mass is 16.5. The molecule has 0 saturated heterocycles. The molecule has 0 unspecified atom stereocenters. The number of aromatic nitrogens is 2. The number of methoxy groups -OCH3 is 1. The maximum atomic E-state index is 12.3. The molecule has 0 aliphatic heterocycles. The van der Waals surface area contributed by atoms with Crippen LogP contribution in [0.4, 0.5) is 5.82 Å². The van der Waals surface area contributed by atoms with Crippen LogP contribution in [0.5, 0.6) is 0 Å². The number of benzene rings is 1. The van der Waals surface area contributed by atoms with Crippen LogP contribution in [0.25, 0.3) is 5.69 Å². The molecule has 1 saturated carbocycles. The average Bonchev–Trinajstić information content (AvgIpc) is 3.27. The first kappa shape index (κ1) is 14.3. The molecule has 1 aliphatic rings. The van der Waals surface area contributed by atoms with Crippen LogP contribution in [0, 0.1) is 12.3 Å². The molecule has 0 atom stereocenters. The molecule has 1 heterocycles. The van der Waals surface area contributed by atoms with Crippen molar-refractivity contribution in [2.45, 2.75) is 19.8 Å². The molecule has 2 aromatic rings. The first-order chi connectivity index (χ1) is 10.6. The van der Waals surface area contributed by atoms with Gasteiger partial charge < -0.3 is 10.1 Å². The molecule has 6 nitrogen and oxygen atoms in total. The van der Waals surface area contributed by atoms with E-state index in [1.807, 2.05) is 37.3 Å². The lowest BCUT2D eigenvalue weighted by Gasteiger charge is -2.11. The SMILES string of the molecule is COC(=O)C1(C(=O)Nc2cc(C)n(-c3ccccc3)n2)CC1. The van der Waals surface area contributed by atoms with Crippen molar-refractivity contribution < 1.29 is 14.3 Å². The number of carbonyl (C=O) groups is 2. The van der Waals surface area contributed by atoms with Gasteiger partial charge in [0.2, 0.25) is 5.91 Å². The molecule has 1 amide bonds. The Morgan fingerprint density at radius 2 is 1.95 bits per heavy atom. The van der Waals surface area contributed by atoms with Gasteiger partial charge in [0.1, 0.15) is 5.41 Å². The van der Waals surface area contributed by atoms with Gasteiger partial charge in [-0.1, -0.05) is 18.2 Å². The standard InChI is InChI=1S/C16H17N3O3/c1-11-10-13(18-19(11)12-6-4-3-5-7-12)17-14(20)16(8-9-16)15(21)22-2/h3-7,10H,8-9H2,1-2H3,(H,17,18,20). The number of anilines is 1. The molecule has 1 aliphatic carbocycles. The lowest BCUT2D eigenvalue weighted by molar-refractivity contribution is -0.150. The normalized spacial score (nSPS) is 15.2. The van der Waals surface area contributed by atoms with Gasteiger partial charge in [-0.3, -0.25) is 9.59 Å². The summed E-state index contributed by atoms with van der Waals surface area (Å²) in [6.45, 7) is 1.91. The molecule has 1 aromatic heterocycles. The number of aryl methyl sites for hydroxylation is 1. The number of amides is 1. The quantitative estimate of drug-likeness (QED) is 0.693. The number of nitrogens with one attached hydrogen (secondary N) is 1. The number of esters is 1. The number of para-hydroxylation sites is 1. The molecule has 0 radical (unpaired) electrons. The zero-order chi connectivity index (χ0) is 15.7. The molecule has 0 spiro atoms. The van der Waals surface area contributed by atoms with Gasteiger partial charge in [0.05, 0.1) is 12.8 Å². The lowest BCUT2D eigenvalue weighted by atomic mass is 10.1. The van der Waals surface area contributed by atoms with Crippen molar-refractivity contribution in [2.75, 3.05) is 12.4 Å². The van der Waals surface area contributed by atoms with Crippen molar-refractivity contribution >= 4 is 17.7 Å². The zero-order valence-corrected chi connectivity index (χ0v) is 12.5. The third kappa shape index (κ3) is 2.36. The largest absolute Gasteiger partial charge is 0.468 e. The summed E-state index contributed by atoms with van der Waals surface area (Å²) in [6, 6.07) is 11.4. The highest BCUT2D eigenvalue weighted by Crippen LogP contribution is 2.47. The van der Waals surface area contributed by atoms with Gasteiger partial charge >= 0.3 is 5.97 Å². The van der Waals surface area contributed by atoms with Gasteiger partial charge in [0.25, 0.3) is 0 Å². The second-order valence-corrected chi connectivity index (χ2v) is 5.45. The molecular formula is C16H17N3O3. The Labute approximate surface area is 128 Å². The molecule has 0 bridgehead atoms. The molecule has 6 heteroatoms. The van der Waals surface area contributed by atoms with E-state index in [-0.39, 0.29) is 5.91 Å². The average molecular weight is 299 g/mol. The van der Waals surface area contributed by atoms with Crippen LogP contribution < -0.4 is 5.32 Å². The Morgan fingerprint density at radius 1 is 1.27 bits per heavy atom. The van der Waals surface area contributed by atoms with Gasteiger partial charge in [-0.25, -0.2) is 4.68 Å². The Bertz CT molecular complexity index is 717. The van der Waals surface area contributed by atoms with E-state index in [1.54, 1.807) is 10.7 Å². The summed E-state index contributed by atoms with van der Waals surface area (Å²) >= 11 is 0. The van der Waals surface area contributed by atoms with Crippen LogP contribution >= 0.6 is 0 Å². The summed E-state index contributed by atoms with van der Waals surface area (Å²) in [5.41, 5.74) is 0.776. The maximum absolute atomic E-state index is 12.3. The predicted molar refractivity (Wildman–Crippen MR) is 80.6 cm³/mol. The number of hydrogen-bond donors (Lipinski definition) is 1. The van der Waals surface area contributed by atoms with Crippen molar-refractivity contribution in [3.8, 4) is 5.69 Å². The number of hydrogen-bond acceptors (Lipinski definition) is 4. The second kappa shape index (κ2) is 5.29. The Kier molecular flexibility index (Phi) is 3.44. The van der Waals surface area contributed by atoms with Crippen LogP contribution in [0.15, 0.2) is 36.4 Å². The number of ether oxygens (including phenoxy) is 1. The van der Waals surface area contributed by atoms with Crippen molar-refractivity contribution in [1.29, 1.82) is 0 Å². The minimum atomic E-state index is -1.03. The van der Waals surface area contributed by atoms with E-state index in [4.69, 9.17) is 4.74 Å². The monoisotopic (exact) mass is 299 g/mol. The fourth-order valence-electron chi connectivity index (χ4n) is 2.45. The van der Waals surface area contributed by atoms with Gasteiger partial charge in [-0.05, 0) is 31.9 Å². The number of carbonyl (C=O) groups excluding carboxylic acids is 2. The lowest BCUT2D eigenvalue weighted by Crippen LogP contribution is -2.32. The minimum Gasteiger partial charge on any atom is -0.468 e. The van der Waals surface area contributed by atoms with Crippen LogP contribution in [-0.2, 0) is 14.3 Å². The van der Waals surface area contributed by atoms with E-state index < -0.39 is 11.4 Å². The van der Waals surface area contributed by atoms with E-state index >= 15 is 0 Å². The molecule has 114 valence electrons. The Hall–Kier alpha value is -2.63. The highest BCUT2D eigenvalue weighted by molar-refractivity contribution is 6.11. The highest BCUT2D eigenvalue weighted by Gasteiger charge is 2.58. The van der Waals surface area contributed by atoms with Crippen molar-refractivity contribution in [2.24, 2.45) is 5.41 Å². The summed E-state index contributed by atoms with van der Waals surface area (Å²) in [4.78, 5) is 24.0. The summed E-state index contributed by atoms with van der Waals surface area (Å²) in [5.74, 6) is -0.400. The summed E-state index contributed by atoms with van der Waals surface area (Å²) in [5, 5.41) is 7.10. The summed E-state index contributed by atoms with van der Waals surface area (Å²) < 4.78 is 6.45. The first-order valence-electron chi connectivity index (χ1n) is 7.09. The topological polar surface area (TPSA) is 73.2 Å². The Morgan fingerprint density at radius 3 is 2.55 bits per heavy atom. The van der Waals surface area contributed by atoms with Gasteiger partial charge in [0, 0.05) is 11.8 Å². The molecule has 3 rings (SSSR count). The van der Waals surface area contributed by atoms with E-state index in [2.05, 4.69) is 10.4 Å². The molecule has 22 heavy (non-hydrogen) atoms. The fraction of sp³-hybridized carbons (Fsp3) is 0.312. The van der Waals surface area contributed by atoms with Crippen molar-refractivity contribution in [3.63, 3.8) is 0 Å². The zero-order valence-electron chi connectivity index (χ0n) is 12.5. The second-order valence-electron chi connectivity index (χ2n) is 5.45. The van der Waals surface area contributed by atoms with Crippen LogP contribution in [-0.4, -0.2) is 28.8 Å². The van der Waals surface area contributed by atoms with E-state index in [0.29, 0.717) is 18.7 Å². The van der Waals surface area contributed by atoms with Crippen molar-refractivity contribution in [3.05, 3.63) is 42.1 Å². The van der Waals surface area contributed by atoms with Crippen LogP contribution in [0.3, 0.4) is 0 Å². The van der Waals surface area contributed by atoms with E-state index in [1.165, 1.54) is 7.11 Å². The van der Waals surface area contributed by atoms with E-state index in [0.717, 1.165) is 11.4 Å². The molecular weight excluding hydrogens is 282 g/mol. The van der Waals surface area contributed by atoms with E-state index in [9.17, 15) is 9.59 Å². The maximum Gasteiger partial charge on any atom is 0.321 e. The third-order valence-electron chi connectivity index (χ3n) is 3.89. The fourth-order valence-corrected chi connectivity index (χ4v) is 2.45. The van der Waals surface area contributed by atoms with Crippen molar-refractivity contribution in [1.82, 2.24) is 9.78 Å². The third-order valence-corrected chi connectivity index (χ3v) is 3.89. The Balaban J connectivity index is 1.80. The van der Waals surface area contributed by atoms with Gasteiger partial charge in [-0.15, -0.1) is 5.10 Å². The molecule has 1 aromatic carbocycles.